The van der Waals surface area contributed by atoms with Gasteiger partial charge in [0.2, 0.25) is 0 Å². The maximum absolute atomic E-state index is 13.9. The number of urea groups is 1. The summed E-state index contributed by atoms with van der Waals surface area (Å²) in [5.74, 6) is 0.123. The van der Waals surface area contributed by atoms with E-state index in [9.17, 15) is 9.18 Å². The van der Waals surface area contributed by atoms with Crippen LogP contribution in [0.15, 0.2) is 103 Å². The second-order valence-corrected chi connectivity index (χ2v) is 8.93. The molecule has 4 aromatic rings. The van der Waals surface area contributed by atoms with Gasteiger partial charge in [-0.25, -0.2) is 14.2 Å². The summed E-state index contributed by atoms with van der Waals surface area (Å²) < 4.78 is 19.4. The molecule has 2 N–H and O–H groups in total. The van der Waals surface area contributed by atoms with E-state index in [0.717, 1.165) is 16.8 Å². The Balaban J connectivity index is 1.34. The van der Waals surface area contributed by atoms with E-state index in [1.807, 2.05) is 30.3 Å². The Morgan fingerprint density at radius 1 is 0.861 bits per heavy atom. The first-order valence-electron chi connectivity index (χ1n) is 11.1. The van der Waals surface area contributed by atoms with Crippen molar-refractivity contribution in [2.45, 2.75) is 6.04 Å². The molecule has 5 nitrogen and oxygen atoms in total. The van der Waals surface area contributed by atoms with Gasteiger partial charge in [-0.15, -0.1) is 0 Å². The fourth-order valence-electron chi connectivity index (χ4n) is 3.79. The predicted molar refractivity (Wildman–Crippen MR) is 141 cm³/mol. The lowest BCUT2D eigenvalue weighted by Crippen LogP contribution is -2.42. The molecule has 1 unspecified atom stereocenters. The van der Waals surface area contributed by atoms with E-state index in [4.69, 9.17) is 27.9 Å². The van der Waals surface area contributed by atoms with Gasteiger partial charge in [-0.1, -0.05) is 59.6 Å². The van der Waals surface area contributed by atoms with Crippen molar-refractivity contribution in [3.63, 3.8) is 0 Å². The highest BCUT2D eigenvalue weighted by atomic mass is 35.5. The minimum absolute atomic E-state index is 0.127. The molecular weight excluding hydrogens is 500 g/mol. The van der Waals surface area contributed by atoms with Crippen LogP contribution in [0.3, 0.4) is 0 Å². The largest absolute Gasteiger partial charge is 0.454 e. The zero-order valence-corrected chi connectivity index (χ0v) is 20.3. The number of benzene rings is 4. The molecule has 0 saturated heterocycles. The minimum Gasteiger partial charge on any atom is -0.454 e. The number of para-hydroxylation sites is 1. The van der Waals surface area contributed by atoms with Gasteiger partial charge in [0.15, 0.2) is 11.6 Å². The maximum atomic E-state index is 13.9. The first-order chi connectivity index (χ1) is 17.5. The molecule has 0 aliphatic carbocycles. The van der Waals surface area contributed by atoms with E-state index in [1.165, 1.54) is 11.1 Å². The number of nitrogens with zero attached hydrogens (tertiary/aromatic N) is 1. The summed E-state index contributed by atoms with van der Waals surface area (Å²) in [6, 6.07) is 26.8. The SMILES string of the molecule is O=C(Nc1ccc(Oc2ccccc2F)cc1)N1NC(c2ccc(Cl)cc2)=CC1c1ccc(Cl)cc1. The van der Waals surface area contributed by atoms with Crippen molar-refractivity contribution in [2.24, 2.45) is 0 Å². The van der Waals surface area contributed by atoms with Crippen LogP contribution < -0.4 is 15.5 Å². The van der Waals surface area contributed by atoms with Gasteiger partial charge in [-0.3, -0.25) is 5.43 Å². The summed E-state index contributed by atoms with van der Waals surface area (Å²) >= 11 is 12.1. The third-order valence-corrected chi connectivity index (χ3v) is 6.10. The zero-order valence-electron chi connectivity index (χ0n) is 18.8. The molecule has 1 aliphatic heterocycles. The van der Waals surface area contributed by atoms with Gasteiger partial charge in [0.05, 0.1) is 5.70 Å². The normalized spacial score (nSPS) is 14.7. The number of halogens is 3. The average molecular weight is 520 g/mol. The lowest BCUT2D eigenvalue weighted by molar-refractivity contribution is 0.190. The summed E-state index contributed by atoms with van der Waals surface area (Å²) in [5, 5.41) is 5.64. The van der Waals surface area contributed by atoms with Gasteiger partial charge in [0.1, 0.15) is 11.8 Å². The van der Waals surface area contributed by atoms with Crippen molar-refractivity contribution < 1.29 is 13.9 Å². The van der Waals surface area contributed by atoms with Crippen LogP contribution in [0.2, 0.25) is 10.0 Å². The Morgan fingerprint density at radius 2 is 1.50 bits per heavy atom. The first-order valence-corrected chi connectivity index (χ1v) is 11.8. The van der Waals surface area contributed by atoms with Gasteiger partial charge in [0, 0.05) is 15.7 Å². The summed E-state index contributed by atoms with van der Waals surface area (Å²) in [5.41, 5.74) is 6.31. The Kier molecular flexibility index (Phi) is 6.80. The molecule has 0 saturated carbocycles. The molecule has 0 aromatic heterocycles. The Hall–Kier alpha value is -4.00. The number of ether oxygens (including phenoxy) is 1. The van der Waals surface area contributed by atoms with E-state index in [-0.39, 0.29) is 17.8 Å². The highest BCUT2D eigenvalue weighted by Gasteiger charge is 2.31. The molecule has 0 bridgehead atoms. The molecule has 8 heteroatoms. The van der Waals surface area contributed by atoms with Crippen molar-refractivity contribution in [3.05, 3.63) is 130 Å². The summed E-state index contributed by atoms with van der Waals surface area (Å²) in [4.78, 5) is 13.3. The molecule has 0 fully saturated rings. The third kappa shape index (κ3) is 5.30. The van der Waals surface area contributed by atoms with Crippen LogP contribution in [-0.4, -0.2) is 11.0 Å². The molecule has 0 spiro atoms. The molecule has 36 heavy (non-hydrogen) atoms. The second kappa shape index (κ2) is 10.3. The predicted octanol–water partition coefficient (Wildman–Crippen LogP) is 8.06. The zero-order chi connectivity index (χ0) is 25.1. The first kappa shape index (κ1) is 23.7. The van der Waals surface area contributed by atoms with E-state index in [1.54, 1.807) is 66.7 Å². The molecule has 180 valence electrons. The number of amides is 2. The molecule has 5 rings (SSSR count). The number of carbonyl (C=O) groups excluding carboxylic acids is 1. The summed E-state index contributed by atoms with van der Waals surface area (Å²) in [6.07, 6.45) is 1.97. The van der Waals surface area contributed by atoms with E-state index < -0.39 is 5.82 Å². The van der Waals surface area contributed by atoms with Crippen molar-refractivity contribution in [1.82, 2.24) is 10.4 Å². The highest BCUT2D eigenvalue weighted by Crippen LogP contribution is 2.33. The monoisotopic (exact) mass is 519 g/mol. The number of rotatable bonds is 5. The smallest absolute Gasteiger partial charge is 0.341 e. The fraction of sp³-hybridized carbons (Fsp3) is 0.0357. The molecule has 4 aromatic carbocycles. The Labute approximate surface area is 217 Å². The van der Waals surface area contributed by atoms with Gasteiger partial charge in [0.25, 0.3) is 0 Å². The standard InChI is InChI=1S/C28H20Cl2FN3O2/c29-20-9-5-18(6-10-20)25-17-26(19-7-11-21(30)12-8-19)34(33-25)28(35)32-22-13-15-23(16-14-22)36-27-4-2-1-3-24(27)31/h1-17,26,33H,(H,32,35). The van der Waals surface area contributed by atoms with Crippen molar-refractivity contribution in [2.75, 3.05) is 5.32 Å². The van der Waals surface area contributed by atoms with Gasteiger partial charge in [-0.05, 0) is 77.9 Å². The van der Waals surface area contributed by atoms with E-state index in [0.29, 0.717) is 21.5 Å². The van der Waals surface area contributed by atoms with Gasteiger partial charge >= 0.3 is 6.03 Å². The van der Waals surface area contributed by atoms with E-state index >= 15 is 0 Å². The van der Waals surface area contributed by atoms with Crippen molar-refractivity contribution in [1.29, 1.82) is 0 Å². The third-order valence-electron chi connectivity index (χ3n) is 5.60. The topological polar surface area (TPSA) is 53.6 Å². The maximum Gasteiger partial charge on any atom is 0.341 e. The van der Waals surface area contributed by atoms with Crippen molar-refractivity contribution >= 4 is 40.6 Å². The molecule has 2 amide bonds. The van der Waals surface area contributed by atoms with Crippen LogP contribution in [0.25, 0.3) is 5.70 Å². The Morgan fingerprint density at radius 3 is 2.17 bits per heavy atom. The average Bonchev–Trinajstić information content (AvgIpc) is 3.33. The number of hydrogen-bond donors (Lipinski definition) is 2. The van der Waals surface area contributed by atoms with Crippen LogP contribution in [0, 0.1) is 5.82 Å². The fourth-order valence-corrected chi connectivity index (χ4v) is 4.04. The van der Waals surface area contributed by atoms with Gasteiger partial charge in [-0.2, -0.15) is 0 Å². The second-order valence-electron chi connectivity index (χ2n) is 8.05. The quantitative estimate of drug-likeness (QED) is 0.280. The number of carbonyl (C=O) groups is 1. The molecule has 0 radical (unpaired) electrons. The Bertz CT molecular complexity index is 1410. The molecule has 1 atom stereocenters. The minimum atomic E-state index is -0.452. The molecule has 1 aliphatic rings. The van der Waals surface area contributed by atoms with Crippen LogP contribution in [-0.2, 0) is 0 Å². The van der Waals surface area contributed by atoms with E-state index in [2.05, 4.69) is 10.7 Å². The number of anilines is 1. The van der Waals surface area contributed by atoms with Crippen LogP contribution in [0.4, 0.5) is 14.9 Å². The molecule has 1 heterocycles. The van der Waals surface area contributed by atoms with Crippen molar-refractivity contribution in [3.8, 4) is 11.5 Å². The van der Waals surface area contributed by atoms with Crippen LogP contribution in [0.5, 0.6) is 11.5 Å². The lowest BCUT2D eigenvalue weighted by atomic mass is 10.0. The summed E-state index contributed by atoms with van der Waals surface area (Å²) in [7, 11) is 0. The highest BCUT2D eigenvalue weighted by molar-refractivity contribution is 6.30. The lowest BCUT2D eigenvalue weighted by Gasteiger charge is -2.26. The summed E-state index contributed by atoms with van der Waals surface area (Å²) in [6.45, 7) is 0. The van der Waals surface area contributed by atoms with Gasteiger partial charge < -0.3 is 10.1 Å². The van der Waals surface area contributed by atoms with Crippen LogP contribution >= 0.6 is 23.2 Å². The van der Waals surface area contributed by atoms with Crippen LogP contribution in [0.1, 0.15) is 17.2 Å². The number of nitrogens with one attached hydrogen (secondary N) is 2. The number of hydrazine groups is 1. The molecular formula is C28H20Cl2FN3O2. The number of hydrogen-bond acceptors (Lipinski definition) is 3.